The molecule has 0 spiro atoms. The number of benzene rings is 1. The lowest BCUT2D eigenvalue weighted by atomic mass is 9.94. The number of carbonyl (C=O) groups is 2. The molecule has 2 aromatic rings. The number of aromatic nitrogens is 1. The van der Waals surface area contributed by atoms with E-state index in [-0.39, 0.29) is 17.7 Å². The molecule has 1 atom stereocenters. The van der Waals surface area contributed by atoms with E-state index in [2.05, 4.69) is 12.2 Å². The highest BCUT2D eigenvalue weighted by molar-refractivity contribution is 6.07. The first-order valence-corrected chi connectivity index (χ1v) is 10.4. The van der Waals surface area contributed by atoms with Gasteiger partial charge < -0.3 is 10.2 Å². The van der Waals surface area contributed by atoms with Gasteiger partial charge in [-0.2, -0.15) is 0 Å². The van der Waals surface area contributed by atoms with E-state index < -0.39 is 0 Å². The summed E-state index contributed by atoms with van der Waals surface area (Å²) in [5, 5.41) is 3.95. The van der Waals surface area contributed by atoms with Crippen molar-refractivity contribution in [3.63, 3.8) is 0 Å². The van der Waals surface area contributed by atoms with Gasteiger partial charge in [0.2, 0.25) is 5.91 Å². The Morgan fingerprint density at radius 3 is 2.75 bits per heavy atom. The van der Waals surface area contributed by atoms with Gasteiger partial charge in [0.25, 0.3) is 5.91 Å². The van der Waals surface area contributed by atoms with Crippen molar-refractivity contribution >= 4 is 22.7 Å². The molecule has 1 aromatic carbocycles. The molecule has 0 saturated carbocycles. The molecule has 3 rings (SSSR count). The lowest BCUT2D eigenvalue weighted by Crippen LogP contribution is -2.44. The van der Waals surface area contributed by atoms with E-state index in [1.54, 1.807) is 0 Å². The Bertz CT molecular complexity index is 876. The van der Waals surface area contributed by atoms with E-state index in [0.29, 0.717) is 19.0 Å². The van der Waals surface area contributed by atoms with Crippen LogP contribution in [0.2, 0.25) is 0 Å². The number of aryl methyl sites for hydroxylation is 1. The fourth-order valence-electron chi connectivity index (χ4n) is 4.00. The maximum absolute atomic E-state index is 13.5. The summed E-state index contributed by atoms with van der Waals surface area (Å²) in [7, 11) is 0. The molecule has 28 heavy (non-hydrogen) atoms. The van der Waals surface area contributed by atoms with Crippen molar-refractivity contribution in [2.45, 2.75) is 47.0 Å². The van der Waals surface area contributed by atoms with Crippen molar-refractivity contribution in [2.75, 3.05) is 19.6 Å². The molecule has 0 bridgehead atoms. The highest BCUT2D eigenvalue weighted by atomic mass is 16.2. The molecule has 1 aromatic heterocycles. The molecule has 0 aliphatic carbocycles. The Morgan fingerprint density at radius 2 is 2.04 bits per heavy atom. The molecule has 0 unspecified atom stereocenters. The minimum atomic E-state index is -0.0142. The van der Waals surface area contributed by atoms with Gasteiger partial charge in [-0.15, -0.1) is 0 Å². The third-order valence-electron chi connectivity index (χ3n) is 5.68. The number of fused-ring (bicyclic) bond motifs is 1. The van der Waals surface area contributed by atoms with Crippen LogP contribution in [0.15, 0.2) is 24.3 Å². The Kier molecular flexibility index (Phi) is 6.32. The number of likely N-dealkylation sites (tertiary alicyclic amines) is 1. The average molecular weight is 382 g/mol. The lowest BCUT2D eigenvalue weighted by Gasteiger charge is -2.33. The molecule has 5 heteroatoms. The zero-order valence-corrected chi connectivity index (χ0v) is 17.4. The SMILES string of the molecule is CCc1nc2ccccc2c(C(=O)N2CCC[C@@H](CNC(=O)C(C)C)C2)c1C. The van der Waals surface area contributed by atoms with E-state index in [1.165, 1.54) is 0 Å². The number of para-hydroxylation sites is 1. The van der Waals surface area contributed by atoms with Crippen LogP contribution in [0.4, 0.5) is 0 Å². The second-order valence-electron chi connectivity index (χ2n) is 8.09. The topological polar surface area (TPSA) is 62.3 Å². The van der Waals surface area contributed by atoms with E-state index in [1.807, 2.05) is 49.9 Å². The van der Waals surface area contributed by atoms with Crippen molar-refractivity contribution in [2.24, 2.45) is 11.8 Å². The molecular formula is C23H31N3O2. The van der Waals surface area contributed by atoms with Gasteiger partial charge in [0.05, 0.1) is 11.1 Å². The molecule has 1 aliphatic rings. The predicted molar refractivity (Wildman–Crippen MR) is 112 cm³/mol. The zero-order valence-electron chi connectivity index (χ0n) is 17.4. The van der Waals surface area contributed by atoms with Crippen LogP contribution in [0.1, 0.15) is 55.2 Å². The van der Waals surface area contributed by atoms with Gasteiger partial charge >= 0.3 is 0 Å². The molecule has 2 amide bonds. The molecule has 1 saturated heterocycles. The molecule has 2 heterocycles. The van der Waals surface area contributed by atoms with E-state index in [4.69, 9.17) is 4.98 Å². The monoisotopic (exact) mass is 381 g/mol. The maximum atomic E-state index is 13.5. The molecule has 0 radical (unpaired) electrons. The second kappa shape index (κ2) is 8.72. The van der Waals surface area contributed by atoms with Gasteiger partial charge in [0, 0.05) is 36.6 Å². The van der Waals surface area contributed by atoms with Crippen LogP contribution in [0, 0.1) is 18.8 Å². The molecular weight excluding hydrogens is 350 g/mol. The van der Waals surface area contributed by atoms with Gasteiger partial charge in [-0.25, -0.2) is 0 Å². The van der Waals surface area contributed by atoms with Crippen molar-refractivity contribution in [3.8, 4) is 0 Å². The summed E-state index contributed by atoms with van der Waals surface area (Å²) in [6.07, 6.45) is 2.82. The lowest BCUT2D eigenvalue weighted by molar-refractivity contribution is -0.124. The summed E-state index contributed by atoms with van der Waals surface area (Å²) in [4.78, 5) is 32.1. The zero-order chi connectivity index (χ0) is 20.3. The molecule has 1 aliphatic heterocycles. The predicted octanol–water partition coefficient (Wildman–Crippen LogP) is 3.73. The fraction of sp³-hybridized carbons (Fsp3) is 0.522. The van der Waals surface area contributed by atoms with Crippen LogP contribution in [-0.2, 0) is 11.2 Å². The van der Waals surface area contributed by atoms with Gasteiger partial charge in [-0.05, 0) is 43.7 Å². The Hall–Kier alpha value is -2.43. The van der Waals surface area contributed by atoms with Crippen LogP contribution < -0.4 is 5.32 Å². The maximum Gasteiger partial charge on any atom is 0.254 e. The number of hydrogen-bond acceptors (Lipinski definition) is 3. The van der Waals surface area contributed by atoms with Crippen molar-refractivity contribution in [3.05, 3.63) is 41.1 Å². The normalized spacial score (nSPS) is 17.2. The number of nitrogens with zero attached hydrogens (tertiary/aromatic N) is 2. The second-order valence-corrected chi connectivity index (χ2v) is 8.09. The highest BCUT2D eigenvalue weighted by Crippen LogP contribution is 2.27. The highest BCUT2D eigenvalue weighted by Gasteiger charge is 2.27. The number of pyridine rings is 1. The molecule has 5 nitrogen and oxygen atoms in total. The van der Waals surface area contributed by atoms with E-state index in [0.717, 1.165) is 53.5 Å². The first kappa shape index (κ1) is 20.3. The van der Waals surface area contributed by atoms with Crippen LogP contribution in [0.3, 0.4) is 0 Å². The number of nitrogens with one attached hydrogen (secondary N) is 1. The largest absolute Gasteiger partial charge is 0.356 e. The average Bonchev–Trinajstić information content (AvgIpc) is 2.71. The number of rotatable bonds is 5. The Balaban J connectivity index is 1.83. The van der Waals surface area contributed by atoms with Gasteiger partial charge in [-0.1, -0.05) is 39.0 Å². The summed E-state index contributed by atoms with van der Waals surface area (Å²) in [5.41, 5.74) is 3.64. The number of amides is 2. The van der Waals surface area contributed by atoms with Crippen LogP contribution in [-0.4, -0.2) is 41.3 Å². The summed E-state index contributed by atoms with van der Waals surface area (Å²) < 4.78 is 0. The minimum Gasteiger partial charge on any atom is -0.356 e. The Morgan fingerprint density at radius 1 is 1.29 bits per heavy atom. The van der Waals surface area contributed by atoms with E-state index >= 15 is 0 Å². The third-order valence-corrected chi connectivity index (χ3v) is 5.68. The smallest absolute Gasteiger partial charge is 0.254 e. The number of carbonyl (C=O) groups excluding carboxylic acids is 2. The van der Waals surface area contributed by atoms with Crippen LogP contribution >= 0.6 is 0 Å². The van der Waals surface area contributed by atoms with Crippen molar-refractivity contribution < 1.29 is 9.59 Å². The quantitative estimate of drug-likeness (QED) is 0.858. The van der Waals surface area contributed by atoms with Crippen molar-refractivity contribution in [1.29, 1.82) is 0 Å². The van der Waals surface area contributed by atoms with Crippen LogP contribution in [0.25, 0.3) is 10.9 Å². The van der Waals surface area contributed by atoms with Crippen LogP contribution in [0.5, 0.6) is 0 Å². The Labute approximate surface area is 167 Å². The van der Waals surface area contributed by atoms with Gasteiger partial charge in [0.15, 0.2) is 0 Å². The molecule has 150 valence electrons. The van der Waals surface area contributed by atoms with Gasteiger partial charge in [0.1, 0.15) is 0 Å². The first-order valence-electron chi connectivity index (χ1n) is 10.4. The first-order chi connectivity index (χ1) is 13.4. The summed E-state index contributed by atoms with van der Waals surface area (Å²) >= 11 is 0. The fourth-order valence-corrected chi connectivity index (χ4v) is 4.00. The number of piperidine rings is 1. The van der Waals surface area contributed by atoms with E-state index in [9.17, 15) is 9.59 Å². The third kappa shape index (κ3) is 4.18. The number of hydrogen-bond donors (Lipinski definition) is 1. The molecule has 1 fully saturated rings. The summed E-state index contributed by atoms with van der Waals surface area (Å²) in [6.45, 7) is 9.97. The minimum absolute atomic E-state index is 0.0142. The summed E-state index contributed by atoms with van der Waals surface area (Å²) in [6, 6.07) is 7.90. The standard InChI is InChI=1S/C23H31N3O2/c1-5-19-16(4)21(18-10-6-7-11-20(18)25-19)23(28)26-12-8-9-17(14-26)13-24-22(27)15(2)3/h6-7,10-11,15,17H,5,8-9,12-14H2,1-4H3,(H,24,27)/t17-/m0/s1. The molecule has 1 N–H and O–H groups in total. The van der Waals surface area contributed by atoms with Crippen molar-refractivity contribution in [1.82, 2.24) is 15.2 Å². The van der Waals surface area contributed by atoms with Gasteiger partial charge in [-0.3, -0.25) is 14.6 Å². The summed E-state index contributed by atoms with van der Waals surface area (Å²) in [5.74, 6) is 0.455.